The monoisotopic (exact) mass is 454 g/mol. The lowest BCUT2D eigenvalue weighted by atomic mass is 9.79. The van der Waals surface area contributed by atoms with Crippen LogP contribution in [0.15, 0.2) is 12.2 Å². The second-order valence-corrected chi connectivity index (χ2v) is 8.44. The number of amides is 2. The van der Waals surface area contributed by atoms with Gasteiger partial charge in [0.25, 0.3) is 0 Å². The van der Waals surface area contributed by atoms with Crippen molar-refractivity contribution in [1.82, 2.24) is 10.4 Å². The lowest BCUT2D eigenvalue weighted by Crippen LogP contribution is -2.55. The molecule has 10 heteroatoms. The first-order valence-electron chi connectivity index (χ1n) is 11.1. The molecular formula is C22H34N2O8. The van der Waals surface area contributed by atoms with Crippen LogP contribution in [-0.4, -0.2) is 60.6 Å². The van der Waals surface area contributed by atoms with E-state index in [1.165, 1.54) is 0 Å². The van der Waals surface area contributed by atoms with Crippen LogP contribution in [-0.2, 0) is 28.5 Å². The Morgan fingerprint density at radius 1 is 0.938 bits per heavy atom. The molecule has 0 aromatic carbocycles. The van der Waals surface area contributed by atoms with Crippen molar-refractivity contribution in [1.29, 1.82) is 0 Å². The highest BCUT2D eigenvalue weighted by Crippen LogP contribution is 2.62. The summed E-state index contributed by atoms with van der Waals surface area (Å²) in [4.78, 5) is 50.5. The van der Waals surface area contributed by atoms with E-state index in [2.05, 4.69) is 5.43 Å². The number of esters is 2. The van der Waals surface area contributed by atoms with E-state index in [1.807, 2.05) is 0 Å². The summed E-state index contributed by atoms with van der Waals surface area (Å²) in [5, 5.41) is 1.08. The van der Waals surface area contributed by atoms with E-state index < -0.39 is 59.6 Å². The zero-order valence-corrected chi connectivity index (χ0v) is 19.6. The maximum atomic E-state index is 12.8. The Bertz CT molecular complexity index is 726. The van der Waals surface area contributed by atoms with Gasteiger partial charge in [0.15, 0.2) is 5.92 Å². The minimum Gasteiger partial charge on any atom is -0.465 e. The van der Waals surface area contributed by atoms with Gasteiger partial charge in [-0.25, -0.2) is 20.0 Å². The van der Waals surface area contributed by atoms with Gasteiger partial charge >= 0.3 is 24.1 Å². The first kappa shape index (κ1) is 25.5. The molecule has 2 amide bonds. The molecule has 1 N–H and O–H groups in total. The van der Waals surface area contributed by atoms with Gasteiger partial charge in [0.2, 0.25) is 0 Å². The second-order valence-electron chi connectivity index (χ2n) is 8.44. The van der Waals surface area contributed by atoms with Gasteiger partial charge in [-0.05, 0) is 54.4 Å². The lowest BCUT2D eigenvalue weighted by Gasteiger charge is -2.35. The van der Waals surface area contributed by atoms with Crippen LogP contribution in [0.4, 0.5) is 9.59 Å². The summed E-state index contributed by atoms with van der Waals surface area (Å²) in [5.74, 6) is -3.06. The van der Waals surface area contributed by atoms with Crippen LogP contribution in [0, 0.1) is 17.3 Å². The maximum Gasteiger partial charge on any atom is 0.429 e. The quantitative estimate of drug-likeness (QED) is 0.195. The number of allylic oxidation sites excluding steroid dienone is 1. The summed E-state index contributed by atoms with van der Waals surface area (Å²) >= 11 is 0. The van der Waals surface area contributed by atoms with E-state index in [-0.39, 0.29) is 13.2 Å². The molecule has 2 rings (SSSR count). The molecule has 0 heterocycles. The van der Waals surface area contributed by atoms with Gasteiger partial charge < -0.3 is 18.9 Å². The summed E-state index contributed by atoms with van der Waals surface area (Å²) in [6.45, 7) is 10.3. The number of ether oxygens (including phenoxy) is 4. The molecule has 1 spiro atoms. The highest BCUT2D eigenvalue weighted by molar-refractivity contribution is 5.96. The minimum atomic E-state index is -1.16. The Hall–Kier alpha value is -2.78. The molecule has 1 saturated carbocycles. The minimum absolute atomic E-state index is 0.122. The van der Waals surface area contributed by atoms with Gasteiger partial charge in [-0.1, -0.05) is 12.2 Å². The Morgan fingerprint density at radius 3 is 1.91 bits per heavy atom. The molecule has 1 fully saturated rings. The zero-order valence-electron chi connectivity index (χ0n) is 19.6. The van der Waals surface area contributed by atoms with E-state index in [1.54, 1.807) is 53.7 Å². The van der Waals surface area contributed by atoms with Gasteiger partial charge in [0, 0.05) is 11.3 Å². The van der Waals surface area contributed by atoms with Gasteiger partial charge in [-0.2, -0.15) is 0 Å². The van der Waals surface area contributed by atoms with Gasteiger partial charge in [-0.15, -0.1) is 0 Å². The van der Waals surface area contributed by atoms with Crippen LogP contribution < -0.4 is 5.43 Å². The maximum absolute atomic E-state index is 12.8. The van der Waals surface area contributed by atoms with Crippen LogP contribution in [0.5, 0.6) is 0 Å². The number of carbonyl (C=O) groups excluding carboxylic acids is 4. The Kier molecular flexibility index (Phi) is 8.51. The summed E-state index contributed by atoms with van der Waals surface area (Å²) in [6, 6.07) is -0.634. The Labute approximate surface area is 188 Å². The average molecular weight is 455 g/mol. The molecule has 32 heavy (non-hydrogen) atoms. The highest BCUT2D eigenvalue weighted by atomic mass is 16.6. The fourth-order valence-corrected chi connectivity index (χ4v) is 4.04. The number of carbonyl (C=O) groups is 4. The molecule has 2 atom stereocenters. The molecule has 0 aromatic rings. The van der Waals surface area contributed by atoms with Crippen LogP contribution in [0.2, 0.25) is 0 Å². The summed E-state index contributed by atoms with van der Waals surface area (Å²) < 4.78 is 20.7. The van der Waals surface area contributed by atoms with Crippen molar-refractivity contribution in [2.24, 2.45) is 17.3 Å². The molecule has 10 nitrogen and oxygen atoms in total. The molecule has 0 aromatic heterocycles. The summed E-state index contributed by atoms with van der Waals surface area (Å²) in [5.41, 5.74) is 1.84. The average Bonchev–Trinajstić information content (AvgIpc) is 3.38. The van der Waals surface area contributed by atoms with Gasteiger partial charge in [-0.3, -0.25) is 9.59 Å². The van der Waals surface area contributed by atoms with Crippen molar-refractivity contribution < 1.29 is 38.1 Å². The molecule has 2 aliphatic rings. The largest absolute Gasteiger partial charge is 0.465 e. The van der Waals surface area contributed by atoms with Crippen molar-refractivity contribution in [3.8, 4) is 0 Å². The van der Waals surface area contributed by atoms with E-state index in [4.69, 9.17) is 18.9 Å². The number of hydrogen-bond acceptors (Lipinski definition) is 8. The summed E-state index contributed by atoms with van der Waals surface area (Å²) in [6.07, 6.45) is 2.33. The van der Waals surface area contributed by atoms with E-state index in [0.717, 1.165) is 5.01 Å². The first-order chi connectivity index (χ1) is 15.1. The fourth-order valence-electron chi connectivity index (χ4n) is 4.04. The van der Waals surface area contributed by atoms with Gasteiger partial charge in [0.1, 0.15) is 0 Å². The SMILES string of the molecule is CCOC(=O)C(C(=O)OCC)[C@H]1C=C[C@@H](N(NC(=O)OC(C)C)C(=O)OC(C)C)C12CC2. The predicted molar refractivity (Wildman–Crippen MR) is 113 cm³/mol. The normalized spacial score (nSPS) is 20.4. The molecular weight excluding hydrogens is 420 g/mol. The van der Waals surface area contributed by atoms with E-state index >= 15 is 0 Å². The Balaban J connectivity index is 2.34. The van der Waals surface area contributed by atoms with Crippen LogP contribution >= 0.6 is 0 Å². The topological polar surface area (TPSA) is 120 Å². The predicted octanol–water partition coefficient (Wildman–Crippen LogP) is 2.96. The smallest absolute Gasteiger partial charge is 0.429 e. The molecule has 0 unspecified atom stereocenters. The molecule has 2 aliphatic carbocycles. The molecule has 0 radical (unpaired) electrons. The number of nitrogens with one attached hydrogen (secondary N) is 1. The third-order valence-electron chi connectivity index (χ3n) is 5.39. The molecule has 0 bridgehead atoms. The fraction of sp³-hybridized carbons (Fsp3) is 0.727. The highest BCUT2D eigenvalue weighted by Gasteiger charge is 2.63. The van der Waals surface area contributed by atoms with Crippen molar-refractivity contribution in [2.75, 3.05) is 13.2 Å². The third kappa shape index (κ3) is 5.72. The molecule has 180 valence electrons. The van der Waals surface area contributed by atoms with Crippen molar-refractivity contribution in [3.63, 3.8) is 0 Å². The van der Waals surface area contributed by atoms with E-state index in [9.17, 15) is 19.2 Å². The standard InChI is InChI=1S/C22H34N2O8/c1-7-29-18(25)17(19(26)30-8-2)15-9-10-16(22(15)11-12-22)24(21(28)32-14(5)6)23-20(27)31-13(3)4/h9-10,13-17H,7-8,11-12H2,1-6H3,(H,23,27)/t15-,16-/m1/s1. The zero-order chi connectivity index (χ0) is 24.1. The summed E-state index contributed by atoms with van der Waals surface area (Å²) in [7, 11) is 0. The van der Waals surface area contributed by atoms with Crippen molar-refractivity contribution in [3.05, 3.63) is 12.2 Å². The number of hydrazine groups is 1. The van der Waals surface area contributed by atoms with Crippen molar-refractivity contribution >= 4 is 24.1 Å². The second kappa shape index (κ2) is 10.7. The number of hydrogen-bond donors (Lipinski definition) is 1. The first-order valence-corrected chi connectivity index (χ1v) is 11.1. The molecule has 0 saturated heterocycles. The lowest BCUT2D eigenvalue weighted by molar-refractivity contribution is -0.165. The Morgan fingerprint density at radius 2 is 1.47 bits per heavy atom. The third-order valence-corrected chi connectivity index (χ3v) is 5.39. The number of nitrogens with zero attached hydrogens (tertiary/aromatic N) is 1. The van der Waals surface area contributed by atoms with Crippen LogP contribution in [0.1, 0.15) is 54.4 Å². The number of rotatable bonds is 8. The van der Waals surface area contributed by atoms with Crippen LogP contribution in [0.3, 0.4) is 0 Å². The van der Waals surface area contributed by atoms with Gasteiger partial charge in [0.05, 0.1) is 31.5 Å². The van der Waals surface area contributed by atoms with Crippen molar-refractivity contribution in [2.45, 2.75) is 72.6 Å². The van der Waals surface area contributed by atoms with Crippen LogP contribution in [0.25, 0.3) is 0 Å². The van der Waals surface area contributed by atoms with E-state index in [0.29, 0.717) is 12.8 Å². The molecule has 0 aliphatic heterocycles.